The molecule has 0 radical (unpaired) electrons. The van der Waals surface area contributed by atoms with E-state index in [1.807, 2.05) is 6.08 Å². The first kappa shape index (κ1) is 91.9. The van der Waals surface area contributed by atoms with E-state index in [9.17, 15) is 35.1 Å². The van der Waals surface area contributed by atoms with Crippen LogP contribution in [0.4, 0.5) is 0 Å². The average molecular weight is 1360 g/mol. The maximum absolute atomic E-state index is 13.1. The van der Waals surface area contributed by atoms with Crippen molar-refractivity contribution in [1.82, 2.24) is 5.32 Å². The molecule has 1 amide bonds. The van der Waals surface area contributed by atoms with Crippen LogP contribution >= 0.6 is 0 Å². The molecule has 1 aliphatic heterocycles. The quantitative estimate of drug-likeness (QED) is 0.0195. The van der Waals surface area contributed by atoms with Crippen molar-refractivity contribution in [2.45, 2.75) is 429 Å². The minimum absolute atomic E-state index is 0.0105. The third kappa shape index (κ3) is 62.4. The van der Waals surface area contributed by atoms with Crippen LogP contribution in [0.3, 0.4) is 0 Å². The molecule has 1 rings (SSSR count). The molecule has 97 heavy (non-hydrogen) atoms. The minimum atomic E-state index is -1.58. The standard InChI is InChI=1S/C86H155NO10/c1-3-5-7-9-11-13-15-16-17-18-40-44-47-50-54-58-62-66-70-74-82(91)95-75-71-67-63-59-55-51-48-45-42-39-37-35-33-31-29-27-25-23-21-19-20-22-24-26-28-30-32-34-36-38-41-43-46-49-53-57-61-65-69-73-81(90)87-78(77-96-86-85(94)84(93)83(92)80(76-88)97-86)79(89)72-68-64-60-56-52-14-12-10-8-6-4-2/h8,10-11,13,16-17,19-20,23,25,52,56,68,72,78-80,83-86,88-89,92-94H,3-7,9,12,14-15,18,21-22,24,26-51,53-55,57-67,69-71,73-77H2,1-2H3,(H,87,90)/b10-8+,13-11-,17-16-,20-19-,25-23-,56-52+,72-68+. The van der Waals surface area contributed by atoms with E-state index in [4.69, 9.17) is 14.2 Å². The second-order valence-corrected chi connectivity index (χ2v) is 28.4. The van der Waals surface area contributed by atoms with Gasteiger partial charge in [-0.1, -0.05) is 343 Å². The molecule has 0 aromatic heterocycles. The lowest BCUT2D eigenvalue weighted by Gasteiger charge is -2.40. The zero-order chi connectivity index (χ0) is 70.1. The molecule has 11 nitrogen and oxygen atoms in total. The summed E-state index contributed by atoms with van der Waals surface area (Å²) in [4.78, 5) is 25.2. The smallest absolute Gasteiger partial charge is 0.305 e. The summed E-state index contributed by atoms with van der Waals surface area (Å²) < 4.78 is 16.7. The van der Waals surface area contributed by atoms with Gasteiger partial charge in [0.2, 0.25) is 5.91 Å². The van der Waals surface area contributed by atoms with E-state index in [2.05, 4.69) is 92.1 Å². The number of carbonyl (C=O) groups excluding carboxylic acids is 2. The van der Waals surface area contributed by atoms with Crippen LogP contribution in [0.15, 0.2) is 85.1 Å². The van der Waals surface area contributed by atoms with Gasteiger partial charge in [0, 0.05) is 12.8 Å². The molecule has 1 heterocycles. The van der Waals surface area contributed by atoms with Crippen molar-refractivity contribution in [2.75, 3.05) is 19.8 Å². The number of aliphatic hydroxyl groups is 5. The van der Waals surface area contributed by atoms with E-state index in [1.54, 1.807) is 6.08 Å². The molecule has 0 saturated carbocycles. The van der Waals surface area contributed by atoms with Crippen molar-refractivity contribution in [3.63, 3.8) is 0 Å². The van der Waals surface area contributed by atoms with E-state index in [0.717, 1.165) is 89.9 Å². The Morgan fingerprint density at radius 2 is 0.722 bits per heavy atom. The van der Waals surface area contributed by atoms with Crippen molar-refractivity contribution >= 4 is 11.9 Å². The molecule has 0 aromatic carbocycles. The number of hydrogen-bond acceptors (Lipinski definition) is 10. The Kier molecular flexibility index (Phi) is 70.1. The van der Waals surface area contributed by atoms with Crippen molar-refractivity contribution in [3.05, 3.63) is 85.1 Å². The Morgan fingerprint density at radius 3 is 1.11 bits per heavy atom. The topological polar surface area (TPSA) is 175 Å². The minimum Gasteiger partial charge on any atom is -0.466 e. The molecule has 564 valence electrons. The fourth-order valence-electron chi connectivity index (χ4n) is 12.7. The molecule has 1 fully saturated rings. The zero-order valence-electron chi connectivity index (χ0n) is 63.0. The summed E-state index contributed by atoms with van der Waals surface area (Å²) >= 11 is 0. The van der Waals surface area contributed by atoms with Gasteiger partial charge < -0.3 is 45.1 Å². The number of unbranched alkanes of at least 4 members (excludes halogenated alkanes) is 47. The second kappa shape index (κ2) is 74.0. The molecule has 7 unspecified atom stereocenters. The molecule has 0 aromatic rings. The van der Waals surface area contributed by atoms with Gasteiger partial charge in [0.05, 0.1) is 32.0 Å². The van der Waals surface area contributed by atoms with Crippen molar-refractivity contribution < 1.29 is 49.3 Å². The van der Waals surface area contributed by atoms with Crippen molar-refractivity contribution in [1.29, 1.82) is 0 Å². The van der Waals surface area contributed by atoms with Gasteiger partial charge in [-0.25, -0.2) is 0 Å². The molecule has 7 atom stereocenters. The average Bonchev–Trinajstić information content (AvgIpc) is 0.869. The molecule has 1 saturated heterocycles. The highest BCUT2D eigenvalue weighted by Gasteiger charge is 2.44. The van der Waals surface area contributed by atoms with Crippen LogP contribution in [-0.4, -0.2) is 100 Å². The first-order valence-corrected chi connectivity index (χ1v) is 41.4. The lowest BCUT2D eigenvalue weighted by molar-refractivity contribution is -0.302. The summed E-state index contributed by atoms with van der Waals surface area (Å²) in [5, 5.41) is 54.4. The number of allylic oxidation sites excluding steroid dienone is 13. The number of amides is 1. The first-order valence-electron chi connectivity index (χ1n) is 41.4. The summed E-state index contributed by atoms with van der Waals surface area (Å²) in [6.07, 6.45) is 93.6. The van der Waals surface area contributed by atoms with Gasteiger partial charge in [-0.3, -0.25) is 9.59 Å². The largest absolute Gasteiger partial charge is 0.466 e. The number of nitrogens with one attached hydrogen (secondary N) is 1. The Morgan fingerprint density at radius 1 is 0.381 bits per heavy atom. The normalized spacial score (nSPS) is 17.7. The number of carbonyl (C=O) groups is 2. The molecule has 6 N–H and O–H groups in total. The fourth-order valence-corrected chi connectivity index (χ4v) is 12.7. The van der Waals surface area contributed by atoms with Crippen LogP contribution in [0, 0.1) is 0 Å². The molecule has 0 bridgehead atoms. The molecule has 0 spiro atoms. The van der Waals surface area contributed by atoms with Gasteiger partial charge in [0.25, 0.3) is 0 Å². The zero-order valence-corrected chi connectivity index (χ0v) is 63.0. The van der Waals surface area contributed by atoms with E-state index in [0.29, 0.717) is 19.4 Å². The summed E-state index contributed by atoms with van der Waals surface area (Å²) in [7, 11) is 0. The van der Waals surface area contributed by atoms with Gasteiger partial charge in [0.15, 0.2) is 6.29 Å². The second-order valence-electron chi connectivity index (χ2n) is 28.4. The summed E-state index contributed by atoms with van der Waals surface area (Å²) in [5.41, 5.74) is 0. The van der Waals surface area contributed by atoms with E-state index < -0.39 is 49.5 Å². The van der Waals surface area contributed by atoms with E-state index >= 15 is 0 Å². The SMILES string of the molecule is CCC/C=C/CC/C=C/CC/C=C/C(O)C(COC1OC(CO)C(O)C(O)C1O)NC(=O)CCCCCCCCCCCCCCCCCCC/C=C\C/C=C\CCCCCCCCCCCCCCCCCOC(=O)CCCCCCCCCCC/C=C\C/C=C\CCCCC. The van der Waals surface area contributed by atoms with Crippen molar-refractivity contribution in [2.24, 2.45) is 0 Å². The third-order valence-electron chi connectivity index (χ3n) is 19.2. The Labute approximate surface area is 597 Å². The molecular weight excluding hydrogens is 1210 g/mol. The number of ether oxygens (including phenoxy) is 3. The van der Waals surface area contributed by atoms with Crippen LogP contribution in [0.2, 0.25) is 0 Å². The molecule has 0 aliphatic carbocycles. The number of aliphatic hydroxyl groups excluding tert-OH is 5. The monoisotopic (exact) mass is 1360 g/mol. The first-order chi connectivity index (χ1) is 47.7. The highest BCUT2D eigenvalue weighted by atomic mass is 16.7. The third-order valence-corrected chi connectivity index (χ3v) is 19.2. The number of esters is 1. The van der Waals surface area contributed by atoms with Crippen LogP contribution in [0.1, 0.15) is 386 Å². The maximum Gasteiger partial charge on any atom is 0.305 e. The van der Waals surface area contributed by atoms with Crippen LogP contribution in [0.5, 0.6) is 0 Å². The summed E-state index contributed by atoms with van der Waals surface area (Å²) in [6, 6.07) is -0.833. The molecule has 11 heteroatoms. The Hall–Kier alpha value is -3.16. The van der Waals surface area contributed by atoms with Crippen molar-refractivity contribution in [3.8, 4) is 0 Å². The molecular formula is C86H155NO10. The van der Waals surface area contributed by atoms with Crippen LogP contribution < -0.4 is 5.32 Å². The van der Waals surface area contributed by atoms with E-state index in [-0.39, 0.29) is 18.5 Å². The van der Waals surface area contributed by atoms with Crippen LogP contribution in [0.25, 0.3) is 0 Å². The van der Waals surface area contributed by atoms with Gasteiger partial charge in [0.1, 0.15) is 24.4 Å². The highest BCUT2D eigenvalue weighted by Crippen LogP contribution is 2.24. The Bertz CT molecular complexity index is 1890. The lowest BCUT2D eigenvalue weighted by atomic mass is 9.99. The highest BCUT2D eigenvalue weighted by molar-refractivity contribution is 5.76. The summed E-state index contributed by atoms with van der Waals surface area (Å²) in [5.74, 6) is -0.184. The maximum atomic E-state index is 13.1. The van der Waals surface area contributed by atoms with Crippen LogP contribution in [-0.2, 0) is 23.8 Å². The number of rotatable bonds is 73. The Balaban J connectivity index is 1.87. The van der Waals surface area contributed by atoms with E-state index in [1.165, 1.54) is 270 Å². The predicted molar refractivity (Wildman–Crippen MR) is 412 cm³/mol. The summed E-state index contributed by atoms with van der Waals surface area (Å²) in [6.45, 7) is 4.26. The predicted octanol–water partition coefficient (Wildman–Crippen LogP) is 22.8. The fraction of sp³-hybridized carbons (Fsp3) is 0.814. The number of hydrogen-bond donors (Lipinski definition) is 6. The van der Waals surface area contributed by atoms with Gasteiger partial charge in [-0.15, -0.1) is 0 Å². The van der Waals surface area contributed by atoms with Gasteiger partial charge >= 0.3 is 5.97 Å². The van der Waals surface area contributed by atoms with Gasteiger partial charge in [-0.05, 0) is 116 Å². The van der Waals surface area contributed by atoms with Gasteiger partial charge in [-0.2, -0.15) is 0 Å². The molecule has 1 aliphatic rings. The lowest BCUT2D eigenvalue weighted by Crippen LogP contribution is -2.60.